The first kappa shape index (κ1) is 30.7. The number of hydrogen-bond donors (Lipinski definition) is 0. The molecule has 0 N–H and O–H groups in total. The van der Waals surface area contributed by atoms with Crippen LogP contribution in [0.4, 0.5) is 24.5 Å². The van der Waals surface area contributed by atoms with Crippen LogP contribution in [0.1, 0.15) is 56.0 Å². The van der Waals surface area contributed by atoms with Gasteiger partial charge in [-0.3, -0.25) is 4.79 Å². The number of halogens is 3. The summed E-state index contributed by atoms with van der Waals surface area (Å²) in [4.78, 5) is 28.2. The van der Waals surface area contributed by atoms with Crippen LogP contribution in [0.3, 0.4) is 0 Å². The Morgan fingerprint density at radius 3 is 2.26 bits per heavy atom. The fraction of sp³-hybridized carbons (Fsp3) is 0.375. The van der Waals surface area contributed by atoms with Gasteiger partial charge in [-0.05, 0) is 67.3 Å². The van der Waals surface area contributed by atoms with Crippen LogP contribution in [0.25, 0.3) is 0 Å². The Hall–Kier alpha value is -4.21. The molecule has 42 heavy (non-hydrogen) atoms. The normalized spacial score (nSPS) is 17.0. The molecular formula is C32H34F3NO6. The number of ketones is 1. The second-order valence-electron chi connectivity index (χ2n) is 10.5. The van der Waals surface area contributed by atoms with Crippen LogP contribution in [0.5, 0.6) is 17.2 Å². The lowest BCUT2D eigenvalue weighted by Gasteiger charge is -2.28. The van der Waals surface area contributed by atoms with E-state index >= 15 is 0 Å². The molecule has 1 aliphatic heterocycles. The second-order valence-corrected chi connectivity index (χ2v) is 10.5. The molecule has 1 heterocycles. The number of carbonyl (C=O) groups is 2. The highest BCUT2D eigenvalue weighted by Crippen LogP contribution is 2.48. The third-order valence-corrected chi connectivity index (χ3v) is 6.94. The van der Waals surface area contributed by atoms with Gasteiger partial charge in [0.25, 0.3) is 0 Å². The highest BCUT2D eigenvalue weighted by atomic mass is 19.4. The molecule has 0 radical (unpaired) electrons. The maximum absolute atomic E-state index is 13.8. The zero-order valence-electron chi connectivity index (χ0n) is 24.1. The van der Waals surface area contributed by atoms with E-state index in [0.29, 0.717) is 40.4 Å². The van der Waals surface area contributed by atoms with E-state index in [-0.39, 0.29) is 18.3 Å². The Morgan fingerprint density at radius 2 is 1.64 bits per heavy atom. The SMILES string of the molecule is CC[C@@H](Oc1cccc(N2c3cc(OC(F)(F)F)ccc3C(C(=O)c3ccc(OC)cc3)C2C)c1)C(=O)OCC(C)C. The lowest BCUT2D eigenvalue weighted by atomic mass is 9.88. The lowest BCUT2D eigenvalue weighted by Crippen LogP contribution is -2.31. The number of anilines is 2. The Bertz CT molecular complexity index is 1410. The molecule has 0 aromatic heterocycles. The van der Waals surface area contributed by atoms with Crippen LogP contribution in [0.2, 0.25) is 0 Å². The molecule has 0 saturated carbocycles. The molecule has 0 spiro atoms. The molecule has 3 aromatic carbocycles. The van der Waals surface area contributed by atoms with Gasteiger partial charge in [0.2, 0.25) is 0 Å². The molecule has 7 nitrogen and oxygen atoms in total. The molecule has 0 amide bonds. The van der Waals surface area contributed by atoms with Crippen molar-refractivity contribution in [1.82, 2.24) is 0 Å². The van der Waals surface area contributed by atoms with Crippen LogP contribution in [-0.4, -0.2) is 44.0 Å². The summed E-state index contributed by atoms with van der Waals surface area (Å²) in [5.74, 6) is -0.610. The number of carbonyl (C=O) groups excluding carboxylic acids is 2. The van der Waals surface area contributed by atoms with E-state index in [9.17, 15) is 22.8 Å². The third-order valence-electron chi connectivity index (χ3n) is 6.94. The largest absolute Gasteiger partial charge is 0.573 e. The summed E-state index contributed by atoms with van der Waals surface area (Å²) in [6, 6.07) is 17.1. The van der Waals surface area contributed by atoms with E-state index in [1.165, 1.54) is 25.3 Å². The number of ether oxygens (including phenoxy) is 4. The smallest absolute Gasteiger partial charge is 0.497 e. The van der Waals surface area contributed by atoms with Gasteiger partial charge in [0, 0.05) is 35.1 Å². The van der Waals surface area contributed by atoms with E-state index in [4.69, 9.17) is 14.2 Å². The molecule has 0 bridgehead atoms. The van der Waals surface area contributed by atoms with Crippen molar-refractivity contribution in [1.29, 1.82) is 0 Å². The van der Waals surface area contributed by atoms with Crippen molar-refractivity contribution < 1.29 is 41.7 Å². The number of alkyl halides is 3. The number of Topliss-reactive ketones (excluding diaryl/α,β-unsaturated/α-hetero) is 1. The van der Waals surface area contributed by atoms with Crippen LogP contribution in [0, 0.1) is 5.92 Å². The maximum Gasteiger partial charge on any atom is 0.573 e. The Morgan fingerprint density at radius 1 is 0.952 bits per heavy atom. The van der Waals surface area contributed by atoms with Crippen molar-refractivity contribution in [3.63, 3.8) is 0 Å². The van der Waals surface area contributed by atoms with Gasteiger partial charge in [-0.2, -0.15) is 0 Å². The quantitative estimate of drug-likeness (QED) is 0.171. The summed E-state index contributed by atoms with van der Waals surface area (Å²) in [7, 11) is 1.53. The first-order chi connectivity index (χ1) is 19.9. The minimum absolute atomic E-state index is 0.172. The summed E-state index contributed by atoms with van der Waals surface area (Å²) < 4.78 is 60.0. The van der Waals surface area contributed by atoms with E-state index < -0.39 is 36.1 Å². The van der Waals surface area contributed by atoms with Crippen molar-refractivity contribution in [3.05, 3.63) is 77.9 Å². The van der Waals surface area contributed by atoms with Crippen molar-refractivity contribution in [2.75, 3.05) is 18.6 Å². The summed E-state index contributed by atoms with van der Waals surface area (Å²) in [5.41, 5.74) is 1.98. The topological polar surface area (TPSA) is 74.3 Å². The molecule has 4 rings (SSSR count). The van der Waals surface area contributed by atoms with Gasteiger partial charge in [-0.1, -0.05) is 32.9 Å². The number of methoxy groups -OCH3 is 1. The molecule has 3 aromatic rings. The molecule has 1 aliphatic rings. The number of nitrogens with zero attached hydrogens (tertiary/aromatic N) is 1. The lowest BCUT2D eigenvalue weighted by molar-refractivity contribution is -0.274. The standard InChI is InChI=1S/C32H34F3NO6/c1-6-28(31(38)40-18-19(2)3)41-24-9-7-8-22(16-24)36-20(4)29(30(37)21-10-12-23(39-5)13-11-21)26-15-14-25(17-27(26)36)42-32(33,34)35/h7-17,19-20,28-29H,6,18H2,1-5H3/t20?,28-,29?/m1/s1. The summed E-state index contributed by atoms with van der Waals surface area (Å²) in [6.07, 6.45) is -5.34. The van der Waals surface area contributed by atoms with Crippen LogP contribution >= 0.6 is 0 Å². The number of esters is 1. The van der Waals surface area contributed by atoms with E-state index in [2.05, 4.69) is 4.74 Å². The summed E-state index contributed by atoms with van der Waals surface area (Å²) in [6.45, 7) is 7.78. The molecule has 0 saturated heterocycles. The number of fused-ring (bicyclic) bond motifs is 1. The maximum atomic E-state index is 13.8. The predicted molar refractivity (Wildman–Crippen MR) is 152 cm³/mol. The fourth-order valence-corrected chi connectivity index (χ4v) is 5.00. The molecule has 0 aliphatic carbocycles. The van der Waals surface area contributed by atoms with Gasteiger partial charge in [0.15, 0.2) is 11.9 Å². The van der Waals surface area contributed by atoms with E-state index in [1.54, 1.807) is 53.4 Å². The highest BCUT2D eigenvalue weighted by molar-refractivity contribution is 6.04. The average molecular weight is 586 g/mol. The third kappa shape index (κ3) is 6.98. The fourth-order valence-electron chi connectivity index (χ4n) is 5.00. The molecule has 10 heteroatoms. The number of rotatable bonds is 11. The second kappa shape index (κ2) is 12.8. The molecule has 224 valence electrons. The van der Waals surface area contributed by atoms with Crippen LogP contribution in [0.15, 0.2) is 66.7 Å². The number of hydrogen-bond acceptors (Lipinski definition) is 7. The minimum atomic E-state index is -4.88. The van der Waals surface area contributed by atoms with Crippen molar-refractivity contribution in [2.45, 2.75) is 58.5 Å². The molecule has 0 fully saturated rings. The average Bonchev–Trinajstić information content (AvgIpc) is 3.24. The van der Waals surface area contributed by atoms with E-state index in [0.717, 1.165) is 0 Å². The Labute approximate surface area is 243 Å². The first-order valence-electron chi connectivity index (χ1n) is 13.7. The van der Waals surface area contributed by atoms with Crippen LogP contribution in [-0.2, 0) is 9.53 Å². The molecular weight excluding hydrogens is 551 g/mol. The van der Waals surface area contributed by atoms with Gasteiger partial charge < -0.3 is 23.8 Å². The van der Waals surface area contributed by atoms with Crippen molar-refractivity contribution in [3.8, 4) is 17.2 Å². The van der Waals surface area contributed by atoms with Gasteiger partial charge in [-0.15, -0.1) is 13.2 Å². The Kier molecular flexibility index (Phi) is 9.33. The summed E-state index contributed by atoms with van der Waals surface area (Å²) in [5, 5.41) is 0. The Balaban J connectivity index is 1.70. The number of benzene rings is 3. The monoisotopic (exact) mass is 585 g/mol. The molecule has 2 unspecified atom stereocenters. The zero-order valence-corrected chi connectivity index (χ0v) is 24.1. The summed E-state index contributed by atoms with van der Waals surface area (Å²) >= 11 is 0. The van der Waals surface area contributed by atoms with Gasteiger partial charge in [0.05, 0.1) is 19.6 Å². The van der Waals surface area contributed by atoms with Gasteiger partial charge >= 0.3 is 12.3 Å². The van der Waals surface area contributed by atoms with Gasteiger partial charge in [0.1, 0.15) is 17.2 Å². The van der Waals surface area contributed by atoms with Crippen molar-refractivity contribution >= 4 is 23.1 Å². The highest BCUT2D eigenvalue weighted by Gasteiger charge is 2.42. The minimum Gasteiger partial charge on any atom is -0.497 e. The van der Waals surface area contributed by atoms with Gasteiger partial charge in [-0.25, -0.2) is 4.79 Å². The molecule has 3 atom stereocenters. The van der Waals surface area contributed by atoms with Crippen LogP contribution < -0.4 is 19.1 Å². The van der Waals surface area contributed by atoms with Crippen molar-refractivity contribution in [2.24, 2.45) is 5.92 Å². The van der Waals surface area contributed by atoms with E-state index in [1.807, 2.05) is 27.7 Å². The zero-order chi connectivity index (χ0) is 30.6. The predicted octanol–water partition coefficient (Wildman–Crippen LogP) is 7.46. The first-order valence-corrected chi connectivity index (χ1v) is 13.7.